The van der Waals surface area contributed by atoms with Gasteiger partial charge in [0, 0.05) is 5.88 Å². The summed E-state index contributed by atoms with van der Waals surface area (Å²) in [5, 5.41) is 0. The van der Waals surface area contributed by atoms with Crippen LogP contribution in [-0.2, 0) is 5.88 Å². The lowest BCUT2D eigenvalue weighted by atomic mass is 10.1. The van der Waals surface area contributed by atoms with Gasteiger partial charge < -0.3 is 4.74 Å². The zero-order valence-corrected chi connectivity index (χ0v) is 8.12. The molecule has 78 valence electrons. The summed E-state index contributed by atoms with van der Waals surface area (Å²) < 4.78 is 39.2. The van der Waals surface area contributed by atoms with Crippen molar-refractivity contribution in [3.63, 3.8) is 0 Å². The zero-order valence-electron chi connectivity index (χ0n) is 7.36. The molecule has 0 aliphatic rings. The van der Waals surface area contributed by atoms with E-state index in [-0.39, 0.29) is 11.6 Å². The predicted molar refractivity (Wildman–Crippen MR) is 47.4 cm³/mol. The van der Waals surface area contributed by atoms with Crippen molar-refractivity contribution in [2.45, 2.75) is 19.2 Å². The molecular weight excluding hydrogens is 217 g/mol. The summed E-state index contributed by atoms with van der Waals surface area (Å²) in [5.41, 5.74) is 1.47. The summed E-state index contributed by atoms with van der Waals surface area (Å²) in [7, 11) is 0. The third kappa shape index (κ3) is 3.10. The Morgan fingerprint density at radius 3 is 2.43 bits per heavy atom. The van der Waals surface area contributed by atoms with Gasteiger partial charge in [0.1, 0.15) is 5.75 Å². The molecule has 5 heteroatoms. The van der Waals surface area contributed by atoms with Crippen LogP contribution in [0.3, 0.4) is 0 Å². The highest BCUT2D eigenvalue weighted by Crippen LogP contribution is 2.25. The molecule has 0 aromatic heterocycles. The van der Waals surface area contributed by atoms with Gasteiger partial charge in [-0.3, -0.25) is 0 Å². The highest BCUT2D eigenvalue weighted by molar-refractivity contribution is 6.17. The molecule has 0 saturated carbocycles. The van der Waals surface area contributed by atoms with Crippen molar-refractivity contribution in [3.05, 3.63) is 29.3 Å². The third-order valence-electron chi connectivity index (χ3n) is 1.69. The molecule has 0 saturated heterocycles. The van der Waals surface area contributed by atoms with E-state index < -0.39 is 6.36 Å². The van der Waals surface area contributed by atoms with Crippen LogP contribution in [-0.4, -0.2) is 6.36 Å². The van der Waals surface area contributed by atoms with Crippen molar-refractivity contribution in [1.82, 2.24) is 0 Å². The highest BCUT2D eigenvalue weighted by atomic mass is 35.5. The summed E-state index contributed by atoms with van der Waals surface area (Å²) in [6.45, 7) is 1.68. The Bertz CT molecular complexity index is 322. The van der Waals surface area contributed by atoms with Crippen LogP contribution in [0, 0.1) is 6.92 Å². The number of benzene rings is 1. The standard InChI is InChI=1S/C9H8ClF3O/c1-6-4-8(14-9(11,12)13)3-2-7(6)5-10/h2-4H,5H2,1H3. The van der Waals surface area contributed by atoms with Crippen LogP contribution in [0.2, 0.25) is 0 Å². The minimum atomic E-state index is -4.64. The third-order valence-corrected chi connectivity index (χ3v) is 1.98. The lowest BCUT2D eigenvalue weighted by molar-refractivity contribution is -0.274. The van der Waals surface area contributed by atoms with Crippen LogP contribution in [0.1, 0.15) is 11.1 Å². The normalized spacial score (nSPS) is 11.5. The van der Waals surface area contributed by atoms with Gasteiger partial charge in [0.25, 0.3) is 0 Å². The lowest BCUT2D eigenvalue weighted by Gasteiger charge is -2.10. The molecule has 0 fully saturated rings. The van der Waals surface area contributed by atoms with Gasteiger partial charge in [-0.2, -0.15) is 0 Å². The summed E-state index contributed by atoms with van der Waals surface area (Å²) in [4.78, 5) is 0. The highest BCUT2D eigenvalue weighted by Gasteiger charge is 2.31. The zero-order chi connectivity index (χ0) is 10.8. The maximum Gasteiger partial charge on any atom is 0.573 e. The fourth-order valence-corrected chi connectivity index (χ4v) is 1.32. The SMILES string of the molecule is Cc1cc(OC(F)(F)F)ccc1CCl. The fraction of sp³-hybridized carbons (Fsp3) is 0.333. The number of alkyl halides is 4. The number of rotatable bonds is 2. The summed E-state index contributed by atoms with van der Waals surface area (Å²) in [6.07, 6.45) is -4.64. The summed E-state index contributed by atoms with van der Waals surface area (Å²) >= 11 is 5.55. The Morgan fingerprint density at radius 1 is 1.36 bits per heavy atom. The minimum absolute atomic E-state index is 0.219. The largest absolute Gasteiger partial charge is 0.573 e. The molecule has 1 aromatic carbocycles. The number of hydrogen-bond donors (Lipinski definition) is 0. The van der Waals surface area contributed by atoms with Crippen LogP contribution in [0.25, 0.3) is 0 Å². The van der Waals surface area contributed by atoms with Gasteiger partial charge in [0.05, 0.1) is 0 Å². The summed E-state index contributed by atoms with van der Waals surface area (Å²) in [5.74, 6) is 0.0573. The maximum absolute atomic E-state index is 11.8. The van der Waals surface area contributed by atoms with E-state index in [2.05, 4.69) is 4.74 Å². The lowest BCUT2D eigenvalue weighted by Crippen LogP contribution is -2.17. The Kier molecular flexibility index (Phi) is 3.26. The van der Waals surface area contributed by atoms with Crippen LogP contribution >= 0.6 is 11.6 Å². The molecular formula is C9H8ClF3O. The van der Waals surface area contributed by atoms with Gasteiger partial charge in [-0.05, 0) is 30.2 Å². The smallest absolute Gasteiger partial charge is 0.406 e. The Balaban J connectivity index is 2.87. The summed E-state index contributed by atoms with van der Waals surface area (Å²) in [6, 6.07) is 4.08. The van der Waals surface area contributed by atoms with Crippen molar-refractivity contribution in [3.8, 4) is 5.75 Å². The van der Waals surface area contributed by atoms with Crippen LogP contribution < -0.4 is 4.74 Å². The molecule has 0 amide bonds. The quantitative estimate of drug-likeness (QED) is 0.697. The first-order valence-electron chi connectivity index (χ1n) is 3.83. The monoisotopic (exact) mass is 224 g/mol. The second-order valence-corrected chi connectivity index (χ2v) is 3.04. The van der Waals surface area contributed by atoms with E-state index in [0.29, 0.717) is 5.56 Å². The van der Waals surface area contributed by atoms with Crippen molar-refractivity contribution in [1.29, 1.82) is 0 Å². The second kappa shape index (κ2) is 4.09. The second-order valence-electron chi connectivity index (χ2n) is 2.77. The van der Waals surface area contributed by atoms with Gasteiger partial charge in [-0.25, -0.2) is 0 Å². The first-order chi connectivity index (χ1) is 6.42. The van der Waals surface area contributed by atoms with Gasteiger partial charge in [-0.15, -0.1) is 24.8 Å². The molecule has 14 heavy (non-hydrogen) atoms. The van der Waals surface area contributed by atoms with Crippen molar-refractivity contribution >= 4 is 11.6 Å². The molecule has 0 aliphatic heterocycles. The first-order valence-corrected chi connectivity index (χ1v) is 4.37. The Hall–Kier alpha value is -0.900. The number of ether oxygens (including phenoxy) is 1. The molecule has 0 unspecified atom stereocenters. The number of halogens is 4. The Morgan fingerprint density at radius 2 is 2.00 bits per heavy atom. The van der Waals surface area contributed by atoms with Crippen molar-refractivity contribution in [2.75, 3.05) is 0 Å². The van der Waals surface area contributed by atoms with Crippen molar-refractivity contribution < 1.29 is 17.9 Å². The molecule has 0 atom stereocenters. The van der Waals surface area contributed by atoms with E-state index in [4.69, 9.17) is 11.6 Å². The average molecular weight is 225 g/mol. The van der Waals surface area contributed by atoms with E-state index in [9.17, 15) is 13.2 Å². The number of hydrogen-bond acceptors (Lipinski definition) is 1. The van der Waals surface area contributed by atoms with E-state index in [0.717, 1.165) is 5.56 Å². The fourth-order valence-electron chi connectivity index (χ4n) is 1.02. The molecule has 0 aliphatic carbocycles. The van der Waals surface area contributed by atoms with E-state index >= 15 is 0 Å². The van der Waals surface area contributed by atoms with E-state index in [1.807, 2.05) is 0 Å². The molecule has 1 rings (SSSR count). The topological polar surface area (TPSA) is 9.23 Å². The molecule has 1 nitrogen and oxygen atoms in total. The van der Waals surface area contributed by atoms with Gasteiger partial charge in [0.15, 0.2) is 0 Å². The van der Waals surface area contributed by atoms with Crippen LogP contribution in [0.15, 0.2) is 18.2 Å². The van der Waals surface area contributed by atoms with Gasteiger partial charge in [0.2, 0.25) is 0 Å². The van der Waals surface area contributed by atoms with Crippen LogP contribution in [0.4, 0.5) is 13.2 Å². The molecule has 0 bridgehead atoms. The van der Waals surface area contributed by atoms with E-state index in [1.165, 1.54) is 18.2 Å². The average Bonchev–Trinajstić information content (AvgIpc) is 2.01. The predicted octanol–water partition coefficient (Wildman–Crippen LogP) is 3.63. The van der Waals surface area contributed by atoms with Crippen LogP contribution in [0.5, 0.6) is 5.75 Å². The molecule has 0 radical (unpaired) electrons. The minimum Gasteiger partial charge on any atom is -0.406 e. The molecule has 0 heterocycles. The van der Waals surface area contributed by atoms with Gasteiger partial charge in [-0.1, -0.05) is 6.07 Å². The maximum atomic E-state index is 11.8. The Labute approximate surface area is 84.4 Å². The molecule has 1 aromatic rings. The first kappa shape index (κ1) is 11.2. The molecule has 0 spiro atoms. The van der Waals surface area contributed by atoms with E-state index in [1.54, 1.807) is 6.92 Å². The van der Waals surface area contributed by atoms with Crippen molar-refractivity contribution in [2.24, 2.45) is 0 Å². The van der Waals surface area contributed by atoms with Gasteiger partial charge >= 0.3 is 6.36 Å². The molecule has 0 N–H and O–H groups in total. The number of aryl methyl sites for hydroxylation is 1.